The van der Waals surface area contributed by atoms with Crippen molar-refractivity contribution in [2.24, 2.45) is 0 Å². The van der Waals surface area contributed by atoms with Gasteiger partial charge in [-0.1, -0.05) is 0 Å². The van der Waals surface area contributed by atoms with Crippen LogP contribution in [-0.4, -0.2) is 43.1 Å². The van der Waals surface area contributed by atoms with Crippen LogP contribution in [0.3, 0.4) is 0 Å². The first kappa shape index (κ1) is 21.1. The molecule has 1 N–H and O–H groups in total. The summed E-state index contributed by atoms with van der Waals surface area (Å²) in [7, 11) is 0. The first-order valence-corrected chi connectivity index (χ1v) is 9.69. The Balaban J connectivity index is 1.38. The van der Waals surface area contributed by atoms with Crippen molar-refractivity contribution in [3.63, 3.8) is 0 Å². The highest BCUT2D eigenvalue weighted by atomic mass is 16.6. The number of carbonyl (C=O) groups excluding carboxylic acids is 2. The Kier molecular flexibility index (Phi) is 7.20. The van der Waals surface area contributed by atoms with Crippen molar-refractivity contribution >= 4 is 28.9 Å². The minimum atomic E-state index is -0.719. The van der Waals surface area contributed by atoms with Gasteiger partial charge in [-0.25, -0.2) is 4.79 Å². The topological polar surface area (TPSA) is 111 Å². The average Bonchev–Trinajstić information content (AvgIpc) is 2.77. The van der Waals surface area contributed by atoms with Gasteiger partial charge in [0.2, 0.25) is 0 Å². The highest BCUT2D eigenvalue weighted by molar-refractivity contribution is 5.93. The number of hydrogen-bond acceptors (Lipinski definition) is 7. The van der Waals surface area contributed by atoms with Crippen LogP contribution in [0.15, 0.2) is 48.5 Å². The molecule has 0 bridgehead atoms. The van der Waals surface area contributed by atoms with Crippen molar-refractivity contribution in [2.75, 3.05) is 36.5 Å². The zero-order valence-corrected chi connectivity index (χ0v) is 16.4. The second kappa shape index (κ2) is 10.2. The average molecular weight is 413 g/mol. The molecule has 1 saturated heterocycles. The van der Waals surface area contributed by atoms with E-state index in [0.29, 0.717) is 5.69 Å². The Morgan fingerprint density at radius 3 is 2.27 bits per heavy atom. The van der Waals surface area contributed by atoms with Gasteiger partial charge >= 0.3 is 5.97 Å². The molecule has 9 nitrogen and oxygen atoms in total. The Bertz CT molecular complexity index is 877. The molecular weight excluding hydrogens is 390 g/mol. The molecule has 30 heavy (non-hydrogen) atoms. The number of esters is 1. The third-order valence-corrected chi connectivity index (χ3v) is 4.64. The van der Waals surface area contributed by atoms with E-state index in [0.717, 1.165) is 18.8 Å². The Morgan fingerprint density at radius 1 is 0.967 bits per heavy atom. The molecule has 3 rings (SSSR count). The van der Waals surface area contributed by atoms with E-state index in [1.165, 1.54) is 43.5 Å². The van der Waals surface area contributed by atoms with Crippen LogP contribution in [0.5, 0.6) is 5.75 Å². The Labute approximate surface area is 173 Å². The van der Waals surface area contributed by atoms with E-state index in [1.54, 1.807) is 0 Å². The number of rotatable bonds is 8. The second-order valence-corrected chi connectivity index (χ2v) is 6.84. The van der Waals surface area contributed by atoms with Crippen molar-refractivity contribution in [1.82, 2.24) is 0 Å². The summed E-state index contributed by atoms with van der Waals surface area (Å²) in [5.74, 6) is -0.885. The van der Waals surface area contributed by atoms with Gasteiger partial charge in [0, 0.05) is 36.6 Å². The predicted molar refractivity (Wildman–Crippen MR) is 111 cm³/mol. The summed E-state index contributed by atoms with van der Waals surface area (Å²) in [4.78, 5) is 36.1. The maximum atomic E-state index is 12.0. The molecule has 0 unspecified atom stereocenters. The lowest BCUT2D eigenvalue weighted by atomic mass is 10.1. The van der Waals surface area contributed by atoms with E-state index in [9.17, 15) is 19.7 Å². The number of non-ortho nitro benzene ring substituents is 1. The maximum Gasteiger partial charge on any atom is 0.344 e. The molecule has 0 aromatic heterocycles. The number of nitro groups is 1. The van der Waals surface area contributed by atoms with Gasteiger partial charge < -0.3 is 19.7 Å². The largest absolute Gasteiger partial charge is 0.482 e. The second-order valence-electron chi connectivity index (χ2n) is 6.84. The number of nitro benzene ring substituents is 1. The van der Waals surface area contributed by atoms with Crippen LogP contribution >= 0.6 is 0 Å². The van der Waals surface area contributed by atoms with E-state index in [4.69, 9.17) is 9.47 Å². The smallest absolute Gasteiger partial charge is 0.344 e. The van der Waals surface area contributed by atoms with Gasteiger partial charge in [-0.3, -0.25) is 14.9 Å². The molecule has 1 aliphatic rings. The molecule has 1 heterocycles. The number of ether oxygens (including phenoxy) is 2. The highest BCUT2D eigenvalue weighted by Gasteiger charge is 2.12. The number of carbonyl (C=O) groups is 2. The van der Waals surface area contributed by atoms with E-state index in [-0.39, 0.29) is 11.4 Å². The van der Waals surface area contributed by atoms with Crippen LogP contribution in [0.2, 0.25) is 0 Å². The number of benzene rings is 2. The lowest BCUT2D eigenvalue weighted by molar-refractivity contribution is -0.384. The number of amides is 1. The number of piperidine rings is 1. The lowest BCUT2D eigenvalue weighted by Gasteiger charge is -2.28. The van der Waals surface area contributed by atoms with Gasteiger partial charge in [-0.05, 0) is 55.7 Å². The van der Waals surface area contributed by atoms with E-state index in [2.05, 4.69) is 10.2 Å². The van der Waals surface area contributed by atoms with E-state index in [1.807, 2.05) is 24.3 Å². The van der Waals surface area contributed by atoms with Gasteiger partial charge in [-0.2, -0.15) is 0 Å². The zero-order valence-electron chi connectivity index (χ0n) is 16.4. The summed E-state index contributed by atoms with van der Waals surface area (Å²) < 4.78 is 10.1. The number of nitrogens with one attached hydrogen (secondary N) is 1. The molecule has 158 valence electrons. The first-order valence-electron chi connectivity index (χ1n) is 9.69. The molecule has 0 saturated carbocycles. The Hall–Kier alpha value is -3.62. The third kappa shape index (κ3) is 6.20. The number of hydrogen-bond donors (Lipinski definition) is 1. The maximum absolute atomic E-state index is 12.0. The molecule has 1 amide bonds. The molecule has 0 spiro atoms. The molecule has 2 aromatic rings. The fraction of sp³-hybridized carbons (Fsp3) is 0.333. The molecule has 1 fully saturated rings. The van der Waals surface area contributed by atoms with Crippen LogP contribution < -0.4 is 15.0 Å². The van der Waals surface area contributed by atoms with Crippen molar-refractivity contribution < 1.29 is 24.0 Å². The summed E-state index contributed by atoms with van der Waals surface area (Å²) in [6.45, 7) is 1.25. The normalized spacial score (nSPS) is 13.4. The minimum absolute atomic E-state index is 0.0782. The van der Waals surface area contributed by atoms with Crippen molar-refractivity contribution in [3.8, 4) is 5.75 Å². The summed E-state index contributed by atoms with van der Waals surface area (Å²) in [5.41, 5.74) is 1.67. The van der Waals surface area contributed by atoms with Gasteiger partial charge in [0.1, 0.15) is 5.75 Å². The molecular formula is C21H23N3O6. The minimum Gasteiger partial charge on any atom is -0.482 e. The third-order valence-electron chi connectivity index (χ3n) is 4.64. The molecule has 1 aliphatic heterocycles. The summed E-state index contributed by atoms with van der Waals surface area (Å²) >= 11 is 0. The first-order chi connectivity index (χ1) is 14.5. The van der Waals surface area contributed by atoms with Gasteiger partial charge in [0.05, 0.1) is 4.92 Å². The fourth-order valence-corrected chi connectivity index (χ4v) is 3.10. The van der Waals surface area contributed by atoms with Crippen LogP contribution in [0, 0.1) is 10.1 Å². The fourth-order valence-electron chi connectivity index (χ4n) is 3.10. The van der Waals surface area contributed by atoms with Crippen molar-refractivity contribution in [1.29, 1.82) is 0 Å². The number of anilines is 2. The molecule has 9 heteroatoms. The number of nitrogens with zero attached hydrogens (tertiary/aromatic N) is 2. The van der Waals surface area contributed by atoms with Gasteiger partial charge in [0.15, 0.2) is 13.2 Å². The standard InChI is InChI=1S/C21H23N3O6/c25-20(22-16-4-6-17(7-5-16)23-12-2-1-3-13-23)14-30-21(26)15-29-19-10-8-18(9-11-19)24(27)28/h4-11H,1-3,12-15H2,(H,22,25). The van der Waals surface area contributed by atoms with Crippen molar-refractivity contribution in [3.05, 3.63) is 58.6 Å². The van der Waals surface area contributed by atoms with Crippen molar-refractivity contribution in [2.45, 2.75) is 19.3 Å². The van der Waals surface area contributed by atoms with Crippen LogP contribution in [0.1, 0.15) is 19.3 Å². The summed E-state index contributed by atoms with van der Waals surface area (Å²) in [5, 5.41) is 13.3. The van der Waals surface area contributed by atoms with E-state index >= 15 is 0 Å². The summed E-state index contributed by atoms with van der Waals surface area (Å²) in [6.07, 6.45) is 3.65. The van der Waals surface area contributed by atoms with Gasteiger partial charge in [-0.15, -0.1) is 0 Å². The molecule has 0 atom stereocenters. The molecule has 0 aliphatic carbocycles. The molecule has 2 aromatic carbocycles. The quantitative estimate of drug-likeness (QED) is 0.402. The molecule has 0 radical (unpaired) electrons. The van der Waals surface area contributed by atoms with Crippen LogP contribution in [-0.2, 0) is 14.3 Å². The predicted octanol–water partition coefficient (Wildman–Crippen LogP) is 3.15. The van der Waals surface area contributed by atoms with Crippen LogP contribution in [0.4, 0.5) is 17.1 Å². The lowest BCUT2D eigenvalue weighted by Crippen LogP contribution is -2.29. The summed E-state index contributed by atoms with van der Waals surface area (Å²) in [6, 6.07) is 12.9. The van der Waals surface area contributed by atoms with Gasteiger partial charge in [0.25, 0.3) is 11.6 Å². The van der Waals surface area contributed by atoms with E-state index < -0.39 is 30.0 Å². The highest BCUT2D eigenvalue weighted by Crippen LogP contribution is 2.22. The Morgan fingerprint density at radius 2 is 1.63 bits per heavy atom. The zero-order chi connectivity index (χ0) is 21.3. The monoisotopic (exact) mass is 413 g/mol. The van der Waals surface area contributed by atoms with Crippen LogP contribution in [0.25, 0.3) is 0 Å². The SMILES string of the molecule is O=C(COC(=O)COc1ccc([N+](=O)[O-])cc1)Nc1ccc(N2CCCCC2)cc1.